The highest BCUT2D eigenvalue weighted by molar-refractivity contribution is 5.77. The Kier molecular flexibility index (Phi) is 50.0. The zero-order valence-corrected chi connectivity index (χ0v) is 42.7. The van der Waals surface area contributed by atoms with Crippen molar-refractivity contribution in [2.24, 2.45) is 0 Å². The number of amides is 1. The van der Waals surface area contributed by atoms with Crippen LogP contribution in [-0.4, -0.2) is 46.9 Å². The molecule has 0 fully saturated rings. The lowest BCUT2D eigenvalue weighted by atomic mass is 10.0. The predicted molar refractivity (Wildman–Crippen MR) is 278 cm³/mol. The van der Waals surface area contributed by atoms with Crippen LogP contribution in [0.2, 0.25) is 0 Å². The van der Waals surface area contributed by atoms with Crippen LogP contribution in [0.4, 0.5) is 0 Å². The fourth-order valence-electron chi connectivity index (χ4n) is 8.49. The molecule has 1 amide bonds. The maximum absolute atomic E-state index is 13.2. The van der Waals surface area contributed by atoms with Crippen molar-refractivity contribution in [1.82, 2.24) is 5.32 Å². The molecule has 3 N–H and O–H groups in total. The second-order valence-electron chi connectivity index (χ2n) is 19.0. The number of rotatable bonds is 50. The van der Waals surface area contributed by atoms with Gasteiger partial charge in [0, 0.05) is 6.42 Å². The van der Waals surface area contributed by atoms with Gasteiger partial charge in [-0.3, -0.25) is 9.59 Å². The maximum Gasteiger partial charge on any atom is 0.306 e. The van der Waals surface area contributed by atoms with E-state index in [2.05, 4.69) is 74.7 Å². The third-order valence-electron chi connectivity index (χ3n) is 12.7. The number of allylic oxidation sites excluding steroid dienone is 8. The molecule has 0 saturated carbocycles. The Morgan fingerprint density at radius 1 is 0.469 bits per heavy atom. The van der Waals surface area contributed by atoms with Crippen LogP contribution in [0, 0.1) is 0 Å². The Hall–Kier alpha value is -2.18. The minimum atomic E-state index is -0.795. The van der Waals surface area contributed by atoms with Gasteiger partial charge >= 0.3 is 5.97 Å². The first-order chi connectivity index (χ1) is 31.5. The Bertz CT molecular complexity index is 1100. The van der Waals surface area contributed by atoms with Gasteiger partial charge in [-0.25, -0.2) is 0 Å². The second-order valence-corrected chi connectivity index (χ2v) is 19.0. The van der Waals surface area contributed by atoms with Crippen LogP contribution in [-0.2, 0) is 14.3 Å². The largest absolute Gasteiger partial charge is 0.462 e. The first-order valence-electron chi connectivity index (χ1n) is 27.9. The molecule has 0 aliphatic heterocycles. The van der Waals surface area contributed by atoms with E-state index >= 15 is 0 Å². The average molecular weight is 898 g/mol. The number of unbranched alkanes of at least 4 members (excludes halogenated alkanes) is 32. The van der Waals surface area contributed by atoms with E-state index in [0.29, 0.717) is 19.3 Å². The molecule has 0 heterocycles. The molecule has 0 aliphatic rings. The van der Waals surface area contributed by atoms with Gasteiger partial charge < -0.3 is 20.3 Å². The molecular formula is C58H107NO5. The fourth-order valence-corrected chi connectivity index (χ4v) is 8.49. The molecule has 6 nitrogen and oxygen atoms in total. The standard InChI is InChI=1S/C58H107NO5/c1-4-7-10-13-16-19-22-25-27-29-32-35-38-41-44-47-50-56(61)55(53-60)59-57(62)52-54(49-46-43-40-37-34-31-24-21-18-15-12-9-6-3)64-58(63)51-48-45-42-39-36-33-30-28-26-23-20-17-14-11-8-5-2/h9,12,15,18,21,24,28,30,54-56,60-61H,4-8,10-11,13-14,16-17,19-20,22-23,25-27,29,31-53H2,1-3H3,(H,59,62)/b12-9+,18-15+,24-21+,30-28+. The summed E-state index contributed by atoms with van der Waals surface area (Å²) in [4.78, 5) is 26.2. The predicted octanol–water partition coefficient (Wildman–Crippen LogP) is 17.0. The number of hydrogen-bond donors (Lipinski definition) is 3. The highest BCUT2D eigenvalue weighted by Crippen LogP contribution is 2.18. The van der Waals surface area contributed by atoms with Gasteiger partial charge in [-0.2, -0.15) is 0 Å². The lowest BCUT2D eigenvalue weighted by Crippen LogP contribution is -2.46. The van der Waals surface area contributed by atoms with E-state index in [1.54, 1.807) is 0 Å². The number of hydrogen-bond acceptors (Lipinski definition) is 5. The molecule has 0 radical (unpaired) electrons. The Morgan fingerprint density at radius 3 is 1.31 bits per heavy atom. The number of nitrogens with one attached hydrogen (secondary N) is 1. The highest BCUT2D eigenvalue weighted by atomic mass is 16.5. The van der Waals surface area contributed by atoms with Gasteiger partial charge in [-0.15, -0.1) is 0 Å². The van der Waals surface area contributed by atoms with Crippen LogP contribution in [0.3, 0.4) is 0 Å². The van der Waals surface area contributed by atoms with E-state index in [4.69, 9.17) is 4.74 Å². The number of ether oxygens (including phenoxy) is 1. The van der Waals surface area contributed by atoms with Crippen LogP contribution in [0.5, 0.6) is 0 Å². The molecule has 3 unspecified atom stereocenters. The summed E-state index contributed by atoms with van der Waals surface area (Å²) in [6.45, 7) is 6.37. The maximum atomic E-state index is 13.2. The zero-order valence-electron chi connectivity index (χ0n) is 42.7. The van der Waals surface area contributed by atoms with Crippen LogP contribution >= 0.6 is 0 Å². The van der Waals surface area contributed by atoms with Crippen molar-refractivity contribution in [3.05, 3.63) is 48.6 Å². The summed E-state index contributed by atoms with van der Waals surface area (Å²) in [7, 11) is 0. The van der Waals surface area contributed by atoms with E-state index in [1.165, 1.54) is 148 Å². The van der Waals surface area contributed by atoms with E-state index in [9.17, 15) is 19.8 Å². The smallest absolute Gasteiger partial charge is 0.306 e. The Morgan fingerprint density at radius 2 is 0.859 bits per heavy atom. The third kappa shape index (κ3) is 46.4. The summed E-state index contributed by atoms with van der Waals surface area (Å²) < 4.78 is 5.94. The number of esters is 1. The minimum absolute atomic E-state index is 0.0617. The van der Waals surface area contributed by atoms with Gasteiger partial charge in [-0.1, -0.05) is 249 Å². The van der Waals surface area contributed by atoms with Gasteiger partial charge in [0.05, 0.1) is 25.2 Å². The topological polar surface area (TPSA) is 95.9 Å². The molecule has 0 bridgehead atoms. The summed E-state index contributed by atoms with van der Waals surface area (Å²) >= 11 is 0. The lowest BCUT2D eigenvalue weighted by Gasteiger charge is -2.24. The SMILES string of the molecule is CC/C=C/C=C/C=C/CCCCCCCC(CC(=O)NC(CO)C(O)CCCCCCCCCCCCCCCCCC)OC(=O)CCCCCCC/C=C/CCCCCCCCC. The summed E-state index contributed by atoms with van der Waals surface area (Å²) in [5, 5.41) is 23.9. The van der Waals surface area contributed by atoms with Crippen molar-refractivity contribution in [2.45, 2.75) is 302 Å². The number of carbonyl (C=O) groups excluding carboxylic acids is 2. The van der Waals surface area contributed by atoms with E-state index in [0.717, 1.165) is 89.9 Å². The summed E-state index contributed by atoms with van der Waals surface area (Å²) in [6.07, 6.45) is 63.2. The molecule has 0 rings (SSSR count). The molecule has 3 atom stereocenters. The summed E-state index contributed by atoms with van der Waals surface area (Å²) in [5.41, 5.74) is 0. The number of aliphatic hydroxyl groups is 2. The van der Waals surface area contributed by atoms with Crippen molar-refractivity contribution in [3.63, 3.8) is 0 Å². The van der Waals surface area contributed by atoms with Crippen LogP contribution in [0.15, 0.2) is 48.6 Å². The number of carbonyl (C=O) groups is 2. The van der Waals surface area contributed by atoms with Crippen LogP contribution in [0.1, 0.15) is 284 Å². The second kappa shape index (κ2) is 51.8. The molecule has 374 valence electrons. The van der Waals surface area contributed by atoms with E-state index in [1.807, 2.05) is 0 Å². The molecule has 0 spiro atoms. The first kappa shape index (κ1) is 61.8. The van der Waals surface area contributed by atoms with E-state index in [-0.39, 0.29) is 24.9 Å². The quantitative estimate of drug-likeness (QED) is 0.0245. The van der Waals surface area contributed by atoms with Gasteiger partial charge in [0.15, 0.2) is 0 Å². The van der Waals surface area contributed by atoms with Crippen LogP contribution < -0.4 is 5.32 Å². The Balaban J connectivity index is 4.54. The van der Waals surface area contributed by atoms with Crippen LogP contribution in [0.25, 0.3) is 0 Å². The van der Waals surface area contributed by atoms with Gasteiger partial charge in [0.1, 0.15) is 6.10 Å². The first-order valence-corrected chi connectivity index (χ1v) is 27.9. The Labute approximate surface area is 397 Å². The van der Waals surface area contributed by atoms with Crippen molar-refractivity contribution < 1.29 is 24.5 Å². The van der Waals surface area contributed by atoms with Gasteiger partial charge in [0.2, 0.25) is 5.91 Å². The molecule has 0 aromatic carbocycles. The average Bonchev–Trinajstić information content (AvgIpc) is 3.29. The number of aliphatic hydroxyl groups excluding tert-OH is 2. The molecule has 0 aliphatic carbocycles. The van der Waals surface area contributed by atoms with Crippen molar-refractivity contribution >= 4 is 11.9 Å². The summed E-state index contributed by atoms with van der Waals surface area (Å²) in [6, 6.07) is -0.710. The molecule has 0 saturated heterocycles. The fraction of sp³-hybridized carbons (Fsp3) is 0.828. The normalized spacial score (nSPS) is 13.5. The molecule has 0 aromatic heterocycles. The third-order valence-corrected chi connectivity index (χ3v) is 12.7. The molecular weight excluding hydrogens is 791 g/mol. The van der Waals surface area contributed by atoms with E-state index < -0.39 is 18.2 Å². The van der Waals surface area contributed by atoms with Crippen molar-refractivity contribution in [1.29, 1.82) is 0 Å². The summed E-state index contributed by atoms with van der Waals surface area (Å²) in [5.74, 6) is -0.496. The molecule has 0 aromatic rings. The van der Waals surface area contributed by atoms with Crippen molar-refractivity contribution in [3.8, 4) is 0 Å². The molecule has 6 heteroatoms. The zero-order chi connectivity index (χ0) is 46.7. The minimum Gasteiger partial charge on any atom is -0.462 e. The monoisotopic (exact) mass is 898 g/mol. The highest BCUT2D eigenvalue weighted by Gasteiger charge is 2.24. The van der Waals surface area contributed by atoms with Gasteiger partial charge in [-0.05, 0) is 70.6 Å². The lowest BCUT2D eigenvalue weighted by molar-refractivity contribution is -0.151. The van der Waals surface area contributed by atoms with Crippen molar-refractivity contribution in [2.75, 3.05) is 6.61 Å². The van der Waals surface area contributed by atoms with Gasteiger partial charge in [0.25, 0.3) is 0 Å². The molecule has 64 heavy (non-hydrogen) atoms.